The van der Waals surface area contributed by atoms with Gasteiger partial charge >= 0.3 is 0 Å². The van der Waals surface area contributed by atoms with Gasteiger partial charge in [-0.15, -0.1) is 11.6 Å². The van der Waals surface area contributed by atoms with Gasteiger partial charge in [0, 0.05) is 17.3 Å². The third-order valence-electron chi connectivity index (χ3n) is 2.48. The first-order valence-electron chi connectivity index (χ1n) is 5.28. The summed E-state index contributed by atoms with van der Waals surface area (Å²) in [6.45, 7) is 3.91. The van der Waals surface area contributed by atoms with Gasteiger partial charge in [-0.2, -0.15) is 5.10 Å². The van der Waals surface area contributed by atoms with E-state index in [9.17, 15) is 0 Å². The average molecular weight is 271 g/mol. The van der Waals surface area contributed by atoms with Crippen LogP contribution in [0.2, 0.25) is 5.15 Å². The molecule has 2 rings (SSSR count). The minimum absolute atomic E-state index is 0.353. The van der Waals surface area contributed by atoms with Gasteiger partial charge in [-0.1, -0.05) is 18.5 Å². The highest BCUT2D eigenvalue weighted by Gasteiger charge is 2.16. The first-order chi connectivity index (χ1) is 8.17. The molecule has 0 aliphatic carbocycles. The van der Waals surface area contributed by atoms with E-state index in [0.29, 0.717) is 16.9 Å². The maximum absolute atomic E-state index is 6.25. The fourth-order valence-electron chi connectivity index (χ4n) is 1.60. The number of hydrogen-bond donors (Lipinski definition) is 0. The molecule has 0 aliphatic heterocycles. The van der Waals surface area contributed by atoms with Crippen LogP contribution in [0.25, 0.3) is 5.82 Å². The van der Waals surface area contributed by atoms with Crippen molar-refractivity contribution < 1.29 is 0 Å². The second kappa shape index (κ2) is 5.02. The molecule has 4 nitrogen and oxygen atoms in total. The van der Waals surface area contributed by atoms with Gasteiger partial charge in [0.05, 0.1) is 11.6 Å². The molecular formula is C11H12Cl2N4. The Balaban J connectivity index is 2.56. The topological polar surface area (TPSA) is 43.6 Å². The second-order valence-electron chi connectivity index (χ2n) is 3.63. The van der Waals surface area contributed by atoms with Crippen molar-refractivity contribution >= 4 is 23.2 Å². The van der Waals surface area contributed by atoms with E-state index in [4.69, 9.17) is 23.2 Å². The standard InChI is InChI=1S/C11H12Cl2N4/c1-3-9-8(5-12)11(13)17(16-9)10-4-7(2)14-6-15-10/h4,6H,3,5H2,1-2H3. The van der Waals surface area contributed by atoms with E-state index < -0.39 is 0 Å². The number of aryl methyl sites for hydroxylation is 2. The Kier molecular flexibility index (Phi) is 3.64. The first-order valence-corrected chi connectivity index (χ1v) is 6.19. The Bertz CT molecular complexity index is 536. The third kappa shape index (κ3) is 2.28. The number of halogens is 2. The fraction of sp³-hybridized carbons (Fsp3) is 0.364. The van der Waals surface area contributed by atoms with Crippen molar-refractivity contribution in [2.75, 3.05) is 0 Å². The van der Waals surface area contributed by atoms with E-state index in [1.165, 1.54) is 6.33 Å². The van der Waals surface area contributed by atoms with Crippen LogP contribution in [0.3, 0.4) is 0 Å². The number of nitrogens with zero attached hydrogens (tertiary/aromatic N) is 4. The van der Waals surface area contributed by atoms with E-state index in [1.807, 2.05) is 19.9 Å². The zero-order chi connectivity index (χ0) is 12.4. The first kappa shape index (κ1) is 12.3. The van der Waals surface area contributed by atoms with Gasteiger partial charge < -0.3 is 0 Å². The molecule has 2 aromatic rings. The summed E-state index contributed by atoms with van der Waals surface area (Å²) in [5, 5.41) is 4.94. The molecule has 0 bridgehead atoms. The molecule has 0 atom stereocenters. The molecule has 2 heterocycles. The molecule has 0 radical (unpaired) electrons. The normalized spacial score (nSPS) is 10.8. The van der Waals surface area contributed by atoms with Crippen molar-refractivity contribution in [2.24, 2.45) is 0 Å². The van der Waals surface area contributed by atoms with E-state index in [1.54, 1.807) is 4.68 Å². The summed E-state index contributed by atoms with van der Waals surface area (Å²) in [6, 6.07) is 1.83. The summed E-state index contributed by atoms with van der Waals surface area (Å²) < 4.78 is 1.60. The quantitative estimate of drug-likeness (QED) is 0.806. The van der Waals surface area contributed by atoms with Crippen LogP contribution in [0.5, 0.6) is 0 Å². The summed E-state index contributed by atoms with van der Waals surface area (Å²) in [4.78, 5) is 8.20. The van der Waals surface area contributed by atoms with Crippen molar-refractivity contribution in [3.05, 3.63) is 34.5 Å². The van der Waals surface area contributed by atoms with E-state index in [2.05, 4.69) is 15.1 Å². The van der Waals surface area contributed by atoms with Crippen LogP contribution in [0.15, 0.2) is 12.4 Å². The molecule has 2 aromatic heterocycles. The van der Waals surface area contributed by atoms with Crippen LogP contribution in [0, 0.1) is 6.92 Å². The van der Waals surface area contributed by atoms with Crippen LogP contribution in [-0.2, 0) is 12.3 Å². The maximum Gasteiger partial charge on any atom is 0.158 e. The van der Waals surface area contributed by atoms with Crippen molar-refractivity contribution in [1.82, 2.24) is 19.7 Å². The molecular weight excluding hydrogens is 259 g/mol. The SMILES string of the molecule is CCc1nn(-c2cc(C)ncn2)c(Cl)c1CCl. The molecule has 0 aromatic carbocycles. The summed E-state index contributed by atoms with van der Waals surface area (Å²) >= 11 is 12.1. The van der Waals surface area contributed by atoms with Crippen molar-refractivity contribution in [3.63, 3.8) is 0 Å². The second-order valence-corrected chi connectivity index (χ2v) is 4.26. The van der Waals surface area contributed by atoms with Crippen LogP contribution < -0.4 is 0 Å². The van der Waals surface area contributed by atoms with Gasteiger partial charge in [-0.3, -0.25) is 0 Å². The smallest absolute Gasteiger partial charge is 0.158 e. The van der Waals surface area contributed by atoms with Crippen LogP contribution in [-0.4, -0.2) is 19.7 Å². The van der Waals surface area contributed by atoms with E-state index >= 15 is 0 Å². The van der Waals surface area contributed by atoms with Gasteiger partial charge in [0.15, 0.2) is 5.82 Å². The Morgan fingerprint density at radius 1 is 1.35 bits per heavy atom. The summed E-state index contributed by atoms with van der Waals surface area (Å²) in [5.41, 5.74) is 2.64. The molecule has 90 valence electrons. The van der Waals surface area contributed by atoms with E-state index in [0.717, 1.165) is 23.4 Å². The molecule has 0 aliphatic rings. The minimum atomic E-state index is 0.353. The van der Waals surface area contributed by atoms with Crippen molar-refractivity contribution in [3.8, 4) is 5.82 Å². The monoisotopic (exact) mass is 270 g/mol. The van der Waals surface area contributed by atoms with Crippen LogP contribution >= 0.6 is 23.2 Å². The lowest BCUT2D eigenvalue weighted by molar-refractivity contribution is 0.808. The molecule has 17 heavy (non-hydrogen) atoms. The number of rotatable bonds is 3. The lowest BCUT2D eigenvalue weighted by Crippen LogP contribution is -2.01. The van der Waals surface area contributed by atoms with Gasteiger partial charge in [0.25, 0.3) is 0 Å². The highest BCUT2D eigenvalue weighted by molar-refractivity contribution is 6.31. The fourth-order valence-corrected chi connectivity index (χ4v) is 2.25. The van der Waals surface area contributed by atoms with Gasteiger partial charge in [0.2, 0.25) is 0 Å². The Morgan fingerprint density at radius 3 is 2.65 bits per heavy atom. The molecule has 0 unspecified atom stereocenters. The number of aromatic nitrogens is 4. The largest absolute Gasteiger partial charge is 0.242 e. The molecule has 0 fully saturated rings. The number of hydrogen-bond acceptors (Lipinski definition) is 3. The summed E-state index contributed by atoms with van der Waals surface area (Å²) in [5.74, 6) is 1.01. The zero-order valence-electron chi connectivity index (χ0n) is 9.61. The van der Waals surface area contributed by atoms with Crippen LogP contribution in [0.1, 0.15) is 23.9 Å². The molecule has 0 N–H and O–H groups in total. The predicted molar refractivity (Wildman–Crippen MR) is 67.8 cm³/mol. The van der Waals surface area contributed by atoms with Crippen molar-refractivity contribution in [2.45, 2.75) is 26.1 Å². The van der Waals surface area contributed by atoms with Gasteiger partial charge in [0.1, 0.15) is 11.5 Å². The lowest BCUT2D eigenvalue weighted by atomic mass is 10.2. The molecule has 0 amide bonds. The highest BCUT2D eigenvalue weighted by atomic mass is 35.5. The van der Waals surface area contributed by atoms with Crippen molar-refractivity contribution in [1.29, 1.82) is 0 Å². The van der Waals surface area contributed by atoms with Crippen LogP contribution in [0.4, 0.5) is 0 Å². The molecule has 0 spiro atoms. The van der Waals surface area contributed by atoms with Gasteiger partial charge in [-0.05, 0) is 13.3 Å². The van der Waals surface area contributed by atoms with Gasteiger partial charge in [-0.25, -0.2) is 14.6 Å². The predicted octanol–water partition coefficient (Wildman–Crippen LogP) is 2.93. The molecule has 0 saturated carbocycles. The minimum Gasteiger partial charge on any atom is -0.242 e. The highest BCUT2D eigenvalue weighted by Crippen LogP contribution is 2.24. The Hall–Kier alpha value is -1.13. The number of alkyl halides is 1. The summed E-state index contributed by atoms with van der Waals surface area (Å²) in [7, 11) is 0. The van der Waals surface area contributed by atoms with E-state index in [-0.39, 0.29) is 0 Å². The Morgan fingerprint density at radius 2 is 2.12 bits per heavy atom. The zero-order valence-corrected chi connectivity index (χ0v) is 11.1. The Labute approximate surface area is 110 Å². The molecule has 0 saturated heterocycles. The lowest BCUT2D eigenvalue weighted by Gasteiger charge is -2.02. The third-order valence-corrected chi connectivity index (χ3v) is 3.13. The summed E-state index contributed by atoms with van der Waals surface area (Å²) in [6.07, 6.45) is 2.29. The maximum atomic E-state index is 6.25. The molecule has 6 heteroatoms. The average Bonchev–Trinajstić information content (AvgIpc) is 2.65.